The van der Waals surface area contributed by atoms with Gasteiger partial charge in [-0.05, 0) is 49.9 Å². The number of rotatable bonds is 8. The Balaban J connectivity index is 1.43. The molecule has 0 aliphatic heterocycles. The Morgan fingerprint density at radius 3 is 2.70 bits per heavy atom. The molecule has 0 aliphatic rings. The van der Waals surface area contributed by atoms with Crippen LogP contribution in [-0.4, -0.2) is 25.9 Å². The Morgan fingerprint density at radius 1 is 1.12 bits per heavy atom. The topological polar surface area (TPSA) is 71.8 Å². The van der Waals surface area contributed by atoms with Gasteiger partial charge in [0.15, 0.2) is 11.0 Å². The first-order chi connectivity index (χ1) is 16.0. The van der Waals surface area contributed by atoms with Gasteiger partial charge in [-0.1, -0.05) is 65.8 Å². The number of nitrogens with one attached hydrogen (secondary N) is 2. The van der Waals surface area contributed by atoms with E-state index in [0.29, 0.717) is 13.1 Å². The van der Waals surface area contributed by atoms with Gasteiger partial charge in [0.1, 0.15) is 0 Å². The first-order valence-corrected chi connectivity index (χ1v) is 12.1. The maximum Gasteiger partial charge on any atom is 0.237 e. The highest BCUT2D eigenvalue weighted by atomic mass is 35.5. The van der Waals surface area contributed by atoms with Crippen molar-refractivity contribution in [3.8, 4) is 0 Å². The molecule has 0 aliphatic carbocycles. The molecule has 170 valence electrons. The zero-order valence-corrected chi connectivity index (χ0v) is 20.4. The van der Waals surface area contributed by atoms with Crippen molar-refractivity contribution in [2.24, 2.45) is 0 Å². The maximum absolute atomic E-state index is 12.9. The van der Waals surface area contributed by atoms with E-state index in [0.717, 1.165) is 43.7 Å². The lowest BCUT2D eigenvalue weighted by molar-refractivity contribution is -0.115. The third-order valence-corrected chi connectivity index (χ3v) is 6.92. The van der Waals surface area contributed by atoms with Crippen LogP contribution in [0.4, 0.5) is 11.4 Å². The van der Waals surface area contributed by atoms with E-state index in [4.69, 9.17) is 11.6 Å². The van der Waals surface area contributed by atoms with Crippen LogP contribution in [0.5, 0.6) is 0 Å². The van der Waals surface area contributed by atoms with Gasteiger partial charge in [-0.15, -0.1) is 10.2 Å². The molecule has 0 fully saturated rings. The number of benzene rings is 3. The van der Waals surface area contributed by atoms with Gasteiger partial charge in [0, 0.05) is 28.3 Å². The third-order valence-electron chi connectivity index (χ3n) is 5.43. The Kier molecular flexibility index (Phi) is 7.20. The van der Waals surface area contributed by atoms with E-state index < -0.39 is 0 Å². The molecule has 8 heteroatoms. The minimum absolute atomic E-state index is 0.0732. The van der Waals surface area contributed by atoms with Crippen molar-refractivity contribution < 1.29 is 4.79 Å². The molecule has 2 N–H and O–H groups in total. The van der Waals surface area contributed by atoms with Gasteiger partial charge in [-0.3, -0.25) is 4.79 Å². The van der Waals surface area contributed by atoms with E-state index in [2.05, 4.69) is 20.8 Å². The van der Waals surface area contributed by atoms with E-state index in [1.807, 2.05) is 86.0 Å². The van der Waals surface area contributed by atoms with Gasteiger partial charge < -0.3 is 15.2 Å². The standard InChI is InChI=1S/C25H26ClN5OS/c1-4-31-23(15-27-19-13-12-16(2)21(26)14-19)29-30-25(31)33-17(3)24(32)28-22-11-7-9-18-8-5-6-10-20(18)22/h5-14,17,27H,4,15H2,1-3H3,(H,28,32)/t17-/m0/s1. The average Bonchev–Trinajstić information content (AvgIpc) is 3.21. The van der Waals surface area contributed by atoms with Crippen LogP contribution in [0.1, 0.15) is 25.2 Å². The number of fused-ring (bicyclic) bond motifs is 1. The predicted octanol–water partition coefficient (Wildman–Crippen LogP) is 6.14. The fraction of sp³-hybridized carbons (Fsp3) is 0.240. The number of aryl methyl sites for hydroxylation is 1. The van der Waals surface area contributed by atoms with Gasteiger partial charge in [0.25, 0.3) is 0 Å². The summed E-state index contributed by atoms with van der Waals surface area (Å²) in [5, 5.41) is 18.3. The maximum atomic E-state index is 12.9. The van der Waals surface area contributed by atoms with E-state index >= 15 is 0 Å². The highest BCUT2D eigenvalue weighted by Crippen LogP contribution is 2.27. The Labute approximate surface area is 202 Å². The molecule has 1 heterocycles. The van der Waals surface area contributed by atoms with Crippen molar-refractivity contribution in [1.29, 1.82) is 0 Å². The zero-order valence-electron chi connectivity index (χ0n) is 18.8. The lowest BCUT2D eigenvalue weighted by atomic mass is 10.1. The van der Waals surface area contributed by atoms with Crippen LogP contribution >= 0.6 is 23.4 Å². The molecule has 6 nitrogen and oxygen atoms in total. The molecule has 0 radical (unpaired) electrons. The number of halogens is 1. The van der Waals surface area contributed by atoms with E-state index in [1.54, 1.807) is 0 Å². The monoisotopic (exact) mass is 479 g/mol. The summed E-state index contributed by atoms with van der Waals surface area (Å²) in [7, 11) is 0. The largest absolute Gasteiger partial charge is 0.378 e. The summed E-state index contributed by atoms with van der Waals surface area (Å²) in [6.45, 7) is 7.11. The molecular weight excluding hydrogens is 454 g/mol. The number of anilines is 2. The van der Waals surface area contributed by atoms with E-state index in [9.17, 15) is 4.79 Å². The zero-order chi connectivity index (χ0) is 23.4. The summed E-state index contributed by atoms with van der Waals surface area (Å²) >= 11 is 7.62. The lowest BCUT2D eigenvalue weighted by Crippen LogP contribution is -2.23. The third kappa shape index (κ3) is 5.31. The van der Waals surface area contributed by atoms with Crippen molar-refractivity contribution in [3.63, 3.8) is 0 Å². The molecule has 33 heavy (non-hydrogen) atoms. The summed E-state index contributed by atoms with van der Waals surface area (Å²) < 4.78 is 2.02. The molecular formula is C25H26ClN5OS. The van der Waals surface area contributed by atoms with E-state index in [1.165, 1.54) is 11.8 Å². The van der Waals surface area contributed by atoms with Crippen LogP contribution < -0.4 is 10.6 Å². The molecule has 0 unspecified atom stereocenters. The van der Waals surface area contributed by atoms with Crippen molar-refractivity contribution in [3.05, 3.63) is 77.1 Å². The lowest BCUT2D eigenvalue weighted by Gasteiger charge is -2.14. The molecule has 1 aromatic heterocycles. The first kappa shape index (κ1) is 23.1. The number of nitrogens with zero attached hydrogens (tertiary/aromatic N) is 3. The van der Waals surface area contributed by atoms with Gasteiger partial charge in [-0.2, -0.15) is 0 Å². The molecule has 0 bridgehead atoms. The summed E-state index contributed by atoms with van der Waals surface area (Å²) in [5.74, 6) is 0.731. The molecule has 1 amide bonds. The predicted molar refractivity (Wildman–Crippen MR) is 137 cm³/mol. The number of thioether (sulfide) groups is 1. The van der Waals surface area contributed by atoms with Gasteiger partial charge >= 0.3 is 0 Å². The van der Waals surface area contributed by atoms with Crippen LogP contribution in [0, 0.1) is 6.92 Å². The van der Waals surface area contributed by atoms with Crippen molar-refractivity contribution in [2.45, 2.75) is 44.3 Å². The van der Waals surface area contributed by atoms with Crippen LogP contribution in [0.15, 0.2) is 65.8 Å². The van der Waals surface area contributed by atoms with Crippen LogP contribution in [0.3, 0.4) is 0 Å². The number of amides is 1. The molecule has 0 saturated carbocycles. The summed E-state index contributed by atoms with van der Waals surface area (Å²) in [6, 6.07) is 19.8. The average molecular weight is 480 g/mol. The molecule has 4 aromatic rings. The number of aromatic nitrogens is 3. The van der Waals surface area contributed by atoms with Gasteiger partial charge in [-0.25, -0.2) is 0 Å². The number of hydrogen-bond acceptors (Lipinski definition) is 5. The normalized spacial score (nSPS) is 12.0. The molecule has 0 saturated heterocycles. The number of hydrogen-bond donors (Lipinski definition) is 2. The Morgan fingerprint density at radius 2 is 1.91 bits per heavy atom. The molecule has 3 aromatic carbocycles. The fourth-order valence-electron chi connectivity index (χ4n) is 3.52. The van der Waals surface area contributed by atoms with E-state index in [-0.39, 0.29) is 11.2 Å². The molecule has 4 rings (SSSR count). The second kappa shape index (κ2) is 10.3. The summed E-state index contributed by atoms with van der Waals surface area (Å²) in [6.07, 6.45) is 0. The first-order valence-electron chi connectivity index (χ1n) is 10.8. The molecule has 1 atom stereocenters. The van der Waals surface area contributed by atoms with Crippen molar-refractivity contribution in [2.75, 3.05) is 10.6 Å². The number of carbonyl (C=O) groups excluding carboxylic acids is 1. The second-order valence-electron chi connectivity index (χ2n) is 7.74. The summed E-state index contributed by atoms with van der Waals surface area (Å²) in [5.41, 5.74) is 2.77. The van der Waals surface area contributed by atoms with Gasteiger partial charge in [0.2, 0.25) is 5.91 Å². The van der Waals surface area contributed by atoms with Crippen molar-refractivity contribution in [1.82, 2.24) is 14.8 Å². The second-order valence-corrected chi connectivity index (χ2v) is 9.45. The quantitative estimate of drug-likeness (QED) is 0.297. The van der Waals surface area contributed by atoms with Crippen LogP contribution in [0.25, 0.3) is 10.8 Å². The summed E-state index contributed by atoms with van der Waals surface area (Å²) in [4.78, 5) is 12.9. The fourth-order valence-corrected chi connectivity index (χ4v) is 4.63. The SMILES string of the molecule is CCn1c(CNc2ccc(C)c(Cl)c2)nnc1S[C@@H](C)C(=O)Nc1cccc2ccccc12. The Bertz CT molecular complexity index is 1280. The van der Waals surface area contributed by atoms with Gasteiger partial charge in [0.05, 0.1) is 11.8 Å². The minimum Gasteiger partial charge on any atom is -0.378 e. The molecule has 0 spiro atoms. The highest BCUT2D eigenvalue weighted by Gasteiger charge is 2.20. The van der Waals surface area contributed by atoms with Crippen LogP contribution in [0.2, 0.25) is 5.02 Å². The highest BCUT2D eigenvalue weighted by molar-refractivity contribution is 8.00. The minimum atomic E-state index is -0.338. The van der Waals surface area contributed by atoms with Crippen molar-refractivity contribution >= 4 is 51.4 Å². The smallest absolute Gasteiger partial charge is 0.237 e. The Hall–Kier alpha value is -3.03. The number of carbonyl (C=O) groups is 1. The van der Waals surface area contributed by atoms with Crippen LogP contribution in [-0.2, 0) is 17.9 Å².